The van der Waals surface area contributed by atoms with Gasteiger partial charge in [-0.25, -0.2) is 15.0 Å². The van der Waals surface area contributed by atoms with Gasteiger partial charge in [-0.1, -0.05) is 11.6 Å². The zero-order valence-electron chi connectivity index (χ0n) is 19.0. The van der Waals surface area contributed by atoms with Gasteiger partial charge >= 0.3 is 0 Å². The Hall–Kier alpha value is -2.62. The summed E-state index contributed by atoms with van der Waals surface area (Å²) in [5.74, 6) is 0.550. The van der Waals surface area contributed by atoms with Crippen LogP contribution in [0, 0.1) is 6.92 Å². The molecule has 0 atom stereocenters. The summed E-state index contributed by atoms with van der Waals surface area (Å²) < 4.78 is 8.90. The topological polar surface area (TPSA) is 103 Å². The van der Waals surface area contributed by atoms with Gasteiger partial charge in [0.2, 0.25) is 5.91 Å². The van der Waals surface area contributed by atoms with Gasteiger partial charge in [0.1, 0.15) is 22.8 Å². The Morgan fingerprint density at radius 1 is 1.31 bits per heavy atom. The lowest BCUT2D eigenvalue weighted by molar-refractivity contribution is -0.121. The van der Waals surface area contributed by atoms with Crippen molar-refractivity contribution in [2.75, 3.05) is 25.0 Å². The number of hydrogen-bond acceptors (Lipinski definition) is 8. The summed E-state index contributed by atoms with van der Waals surface area (Å²) in [6.07, 6.45) is 5.46. The number of carbonyl (C=O) groups is 1. The van der Waals surface area contributed by atoms with Gasteiger partial charge in [-0.3, -0.25) is 9.69 Å². The quantitative estimate of drug-likeness (QED) is 0.527. The number of benzene rings is 1. The predicted octanol–water partition coefficient (Wildman–Crippen LogP) is 2.44. The summed E-state index contributed by atoms with van der Waals surface area (Å²) in [6, 6.07) is 5.29. The number of nitrogens with zero attached hydrogens (tertiary/aromatic N) is 4. The molecule has 0 radical (unpaired) electrons. The molecule has 1 saturated heterocycles. The minimum absolute atomic E-state index is 0.0330. The standard InChI is InChI=1S/C23H28N6O2S/c1-15-2-3-19-18(10-15)21(27-14-26-19)25-11-20(30)28-16-12-29(13-16)17-4-6-23(31,7-5-17)22-24-8-9-32-22/h2-3,8-10,14,16-17,31H,4-7,11-13H2,1H3,(H,28,30)(H,25,26,27)/t17-,23-/i17D. The smallest absolute Gasteiger partial charge is 0.239 e. The average molecular weight is 454 g/mol. The van der Waals surface area contributed by atoms with Crippen LogP contribution in [0.3, 0.4) is 0 Å². The molecule has 0 spiro atoms. The summed E-state index contributed by atoms with van der Waals surface area (Å²) in [6.45, 7) is 3.45. The van der Waals surface area contributed by atoms with Crippen LogP contribution in [0.1, 0.15) is 37.6 Å². The predicted molar refractivity (Wildman–Crippen MR) is 125 cm³/mol. The normalized spacial score (nSPS) is 27.0. The van der Waals surface area contributed by atoms with E-state index in [-0.39, 0.29) is 18.5 Å². The fourth-order valence-corrected chi connectivity index (χ4v) is 5.31. The first-order chi connectivity index (χ1) is 15.8. The number of fused-ring (bicyclic) bond motifs is 1. The number of anilines is 1. The number of rotatable bonds is 6. The monoisotopic (exact) mass is 453 g/mol. The lowest BCUT2D eigenvalue weighted by Crippen LogP contribution is -2.63. The van der Waals surface area contributed by atoms with Crippen LogP contribution in [-0.2, 0) is 10.4 Å². The number of amides is 1. The zero-order valence-corrected chi connectivity index (χ0v) is 18.9. The van der Waals surface area contributed by atoms with Crippen LogP contribution >= 0.6 is 11.3 Å². The van der Waals surface area contributed by atoms with E-state index >= 15 is 0 Å². The fraction of sp³-hybridized carbons (Fsp3) is 0.478. The third kappa shape index (κ3) is 4.32. The van der Waals surface area contributed by atoms with Crippen molar-refractivity contribution in [1.82, 2.24) is 25.2 Å². The Balaban J connectivity index is 1.10. The first-order valence-electron chi connectivity index (χ1n) is 11.5. The highest BCUT2D eigenvalue weighted by molar-refractivity contribution is 7.09. The Kier molecular flexibility index (Phi) is 5.46. The highest BCUT2D eigenvalue weighted by Crippen LogP contribution is 2.40. The van der Waals surface area contributed by atoms with Crippen LogP contribution < -0.4 is 10.6 Å². The Morgan fingerprint density at radius 3 is 2.88 bits per heavy atom. The molecule has 0 bridgehead atoms. The SMILES string of the molecule is [2H][C@]1(N2CC(NC(=O)CNc3ncnc4ccc(C)cc34)C2)CC[C@@](O)(c2nccs2)CC1. The van der Waals surface area contributed by atoms with E-state index in [1.54, 1.807) is 6.20 Å². The van der Waals surface area contributed by atoms with Crippen molar-refractivity contribution < 1.29 is 11.3 Å². The molecule has 0 unspecified atom stereocenters. The molecule has 2 aliphatic rings. The van der Waals surface area contributed by atoms with Crippen molar-refractivity contribution >= 4 is 34.0 Å². The van der Waals surface area contributed by atoms with Crippen LogP contribution in [0.2, 0.25) is 0 Å². The molecule has 3 aromatic rings. The van der Waals surface area contributed by atoms with Gasteiger partial charge in [-0.2, -0.15) is 0 Å². The maximum atomic E-state index is 12.5. The van der Waals surface area contributed by atoms with E-state index in [2.05, 4.69) is 30.5 Å². The molecule has 1 aliphatic carbocycles. The number of likely N-dealkylation sites (tertiary alicyclic amines) is 1. The number of aliphatic hydroxyl groups is 1. The van der Waals surface area contributed by atoms with Crippen molar-refractivity contribution in [3.8, 4) is 0 Å². The van der Waals surface area contributed by atoms with Crippen molar-refractivity contribution in [3.63, 3.8) is 0 Å². The molecule has 168 valence electrons. The van der Waals surface area contributed by atoms with E-state index in [1.807, 2.05) is 30.5 Å². The molecule has 1 amide bonds. The van der Waals surface area contributed by atoms with Crippen molar-refractivity contribution in [2.45, 2.75) is 50.3 Å². The highest BCUT2D eigenvalue weighted by Gasteiger charge is 2.41. The minimum atomic E-state index is -0.910. The van der Waals surface area contributed by atoms with Crippen molar-refractivity contribution in [2.24, 2.45) is 0 Å². The van der Waals surface area contributed by atoms with Crippen LogP contribution in [0.15, 0.2) is 36.1 Å². The van der Waals surface area contributed by atoms with Crippen molar-refractivity contribution in [1.29, 1.82) is 0 Å². The fourth-order valence-electron chi connectivity index (χ4n) is 4.52. The van der Waals surface area contributed by atoms with Gasteiger partial charge < -0.3 is 15.7 Å². The van der Waals surface area contributed by atoms with Crippen molar-refractivity contribution in [3.05, 3.63) is 46.7 Å². The van der Waals surface area contributed by atoms with E-state index < -0.39 is 11.6 Å². The Morgan fingerprint density at radius 2 is 2.12 bits per heavy atom. The number of nitrogens with one attached hydrogen (secondary N) is 2. The first-order valence-corrected chi connectivity index (χ1v) is 11.8. The second-order valence-electron chi connectivity index (χ2n) is 8.70. The van der Waals surface area contributed by atoms with Gasteiger partial charge in [0.15, 0.2) is 0 Å². The molecule has 8 nitrogen and oxygen atoms in total. The largest absolute Gasteiger partial charge is 0.383 e. The molecule has 2 fully saturated rings. The van der Waals surface area contributed by atoms with Gasteiger partial charge in [0, 0.05) is 37.4 Å². The van der Waals surface area contributed by atoms with Crippen LogP contribution in [0.5, 0.6) is 0 Å². The van der Waals surface area contributed by atoms with E-state index in [9.17, 15) is 9.90 Å². The van der Waals surface area contributed by atoms with E-state index in [1.165, 1.54) is 17.7 Å². The molecule has 1 aromatic carbocycles. The maximum absolute atomic E-state index is 12.5. The van der Waals surface area contributed by atoms with Gasteiger partial charge in [-0.15, -0.1) is 11.3 Å². The molecule has 32 heavy (non-hydrogen) atoms. The number of thiazole rings is 1. The molecule has 5 rings (SSSR count). The molecule has 1 aliphatic heterocycles. The summed E-state index contributed by atoms with van der Waals surface area (Å²) in [5, 5.41) is 20.6. The van der Waals surface area contributed by atoms with E-state index in [0.717, 1.165) is 21.5 Å². The zero-order chi connectivity index (χ0) is 23.1. The van der Waals surface area contributed by atoms with Gasteiger partial charge in [-0.05, 0) is 44.7 Å². The minimum Gasteiger partial charge on any atom is -0.383 e. The average Bonchev–Trinajstić information content (AvgIpc) is 3.33. The number of carbonyl (C=O) groups excluding carboxylic acids is 1. The molecule has 3 heterocycles. The Bertz CT molecular complexity index is 1140. The molecule has 3 N–H and O–H groups in total. The summed E-state index contributed by atoms with van der Waals surface area (Å²) in [5.41, 5.74) is 1.03. The summed E-state index contributed by atoms with van der Waals surface area (Å²) >= 11 is 1.47. The lowest BCUT2D eigenvalue weighted by atomic mass is 9.81. The molecule has 1 saturated carbocycles. The summed E-state index contributed by atoms with van der Waals surface area (Å²) in [4.78, 5) is 27.4. The summed E-state index contributed by atoms with van der Waals surface area (Å²) in [7, 11) is 0. The number of hydrogen-bond donors (Lipinski definition) is 3. The first kappa shape index (κ1) is 20.0. The van der Waals surface area contributed by atoms with Crippen LogP contribution in [-0.4, -0.2) is 62.6 Å². The maximum Gasteiger partial charge on any atom is 0.239 e. The van der Waals surface area contributed by atoms with Crippen LogP contribution in [0.25, 0.3) is 10.9 Å². The number of aromatic nitrogens is 3. The molecule has 9 heteroatoms. The van der Waals surface area contributed by atoms with E-state index in [0.29, 0.717) is 44.6 Å². The number of aryl methyl sites for hydroxylation is 1. The second-order valence-corrected chi connectivity index (χ2v) is 9.60. The molecule has 2 aromatic heterocycles. The highest BCUT2D eigenvalue weighted by atomic mass is 32.1. The van der Waals surface area contributed by atoms with Crippen LogP contribution in [0.4, 0.5) is 5.82 Å². The Labute approximate surface area is 192 Å². The van der Waals surface area contributed by atoms with Gasteiger partial charge in [0.25, 0.3) is 0 Å². The van der Waals surface area contributed by atoms with E-state index in [4.69, 9.17) is 1.37 Å². The molecular weight excluding hydrogens is 424 g/mol. The molecular formula is C23H28N6O2S. The lowest BCUT2D eigenvalue weighted by Gasteiger charge is -2.47. The third-order valence-corrected chi connectivity index (χ3v) is 7.35. The third-order valence-electron chi connectivity index (χ3n) is 6.39. The second kappa shape index (κ2) is 8.73. The van der Waals surface area contributed by atoms with Gasteiger partial charge in [0.05, 0.1) is 18.1 Å².